The lowest BCUT2D eigenvalue weighted by Crippen LogP contribution is -2.46. The van der Waals surface area contributed by atoms with Crippen molar-refractivity contribution in [1.82, 2.24) is 14.3 Å². The largest absolute Gasteiger partial charge is 0.496 e. The number of hydrogen-bond donors (Lipinski definition) is 0. The van der Waals surface area contributed by atoms with Crippen molar-refractivity contribution < 1.29 is 27.8 Å². The zero-order chi connectivity index (χ0) is 24.7. The predicted molar refractivity (Wildman–Crippen MR) is 126 cm³/mol. The van der Waals surface area contributed by atoms with Gasteiger partial charge in [0.1, 0.15) is 28.3 Å². The molecular formula is C26H29F2N3O4. The van der Waals surface area contributed by atoms with Crippen molar-refractivity contribution in [3.8, 4) is 22.8 Å². The van der Waals surface area contributed by atoms with Gasteiger partial charge >= 0.3 is 6.61 Å². The molecule has 5 rings (SSSR count). The Balaban J connectivity index is 1.55. The molecule has 1 saturated carbocycles. The Kier molecular flexibility index (Phi) is 6.23. The van der Waals surface area contributed by atoms with Crippen LogP contribution in [-0.4, -0.2) is 60.5 Å². The van der Waals surface area contributed by atoms with Gasteiger partial charge < -0.3 is 19.1 Å². The van der Waals surface area contributed by atoms with E-state index in [9.17, 15) is 13.6 Å². The second kappa shape index (κ2) is 9.20. The quantitative estimate of drug-likeness (QED) is 0.428. The number of carbonyl (C=O) groups excluding carboxylic acids is 1. The molecule has 0 amide bonds. The number of fused-ring (bicyclic) bond motifs is 1. The molecule has 2 aromatic heterocycles. The first-order valence-corrected chi connectivity index (χ1v) is 11.8. The van der Waals surface area contributed by atoms with Crippen LogP contribution in [0.5, 0.6) is 11.5 Å². The van der Waals surface area contributed by atoms with Crippen molar-refractivity contribution in [2.75, 3.05) is 33.9 Å². The molecule has 1 atom stereocenters. The van der Waals surface area contributed by atoms with E-state index < -0.39 is 12.2 Å². The van der Waals surface area contributed by atoms with E-state index in [0.29, 0.717) is 35.9 Å². The van der Waals surface area contributed by atoms with Crippen LogP contribution >= 0.6 is 0 Å². The molecule has 3 heterocycles. The van der Waals surface area contributed by atoms with Gasteiger partial charge in [-0.3, -0.25) is 9.20 Å². The van der Waals surface area contributed by atoms with Gasteiger partial charge in [0.15, 0.2) is 5.78 Å². The molecule has 1 aliphatic carbocycles. The second-order valence-electron chi connectivity index (χ2n) is 9.60. The van der Waals surface area contributed by atoms with E-state index in [1.54, 1.807) is 12.3 Å². The number of methoxy groups -OCH3 is 1. The highest BCUT2D eigenvalue weighted by molar-refractivity contribution is 6.02. The summed E-state index contributed by atoms with van der Waals surface area (Å²) < 4.78 is 44.8. The summed E-state index contributed by atoms with van der Waals surface area (Å²) >= 11 is 0. The number of ketones is 1. The van der Waals surface area contributed by atoms with Crippen LogP contribution in [0.25, 0.3) is 16.9 Å². The maximum atomic E-state index is 13.3. The highest BCUT2D eigenvalue weighted by atomic mass is 19.3. The minimum atomic E-state index is -3.07. The summed E-state index contributed by atoms with van der Waals surface area (Å²) in [5, 5.41) is 0. The van der Waals surface area contributed by atoms with Crippen LogP contribution in [0.3, 0.4) is 0 Å². The predicted octanol–water partition coefficient (Wildman–Crippen LogP) is 4.77. The number of nitrogens with zero attached hydrogens (tertiary/aromatic N) is 3. The Hall–Kier alpha value is -3.04. The number of alkyl halides is 2. The molecule has 186 valence electrons. The number of hydrogen-bond acceptors (Lipinski definition) is 6. The summed E-state index contributed by atoms with van der Waals surface area (Å²) in [7, 11) is 3.49. The SMILES string of the molecule is COc1cc(-c2cnc3cc(C4(C)CN(C)CCO4)ccn23)cc(OC(F)F)c1C(=O)CC1CC1. The fourth-order valence-electron chi connectivity index (χ4n) is 4.81. The highest BCUT2D eigenvalue weighted by Crippen LogP contribution is 2.40. The number of benzene rings is 1. The van der Waals surface area contributed by atoms with Crippen LogP contribution in [0.15, 0.2) is 36.7 Å². The summed E-state index contributed by atoms with van der Waals surface area (Å²) in [6.07, 6.45) is 5.80. The number of aromatic nitrogens is 2. The van der Waals surface area contributed by atoms with Crippen molar-refractivity contribution in [3.05, 3.63) is 47.8 Å². The zero-order valence-corrected chi connectivity index (χ0v) is 20.1. The van der Waals surface area contributed by atoms with E-state index in [2.05, 4.69) is 23.9 Å². The number of likely N-dealkylation sites (N-methyl/N-ethyl adjacent to an activating group) is 1. The number of morpholine rings is 1. The number of rotatable bonds is 8. The molecule has 1 aliphatic heterocycles. The maximum Gasteiger partial charge on any atom is 0.387 e. The van der Waals surface area contributed by atoms with Crippen molar-refractivity contribution in [1.29, 1.82) is 0 Å². The fourth-order valence-corrected chi connectivity index (χ4v) is 4.81. The Morgan fingerprint density at radius 3 is 2.74 bits per heavy atom. The molecule has 9 heteroatoms. The van der Waals surface area contributed by atoms with E-state index in [0.717, 1.165) is 31.5 Å². The minimum Gasteiger partial charge on any atom is -0.496 e. The Morgan fingerprint density at radius 2 is 2.06 bits per heavy atom. The van der Waals surface area contributed by atoms with E-state index in [-0.39, 0.29) is 22.8 Å². The average Bonchev–Trinajstić information content (AvgIpc) is 3.52. The summed E-state index contributed by atoms with van der Waals surface area (Å²) in [6.45, 7) is 1.29. The summed E-state index contributed by atoms with van der Waals surface area (Å²) in [5.41, 5.74) is 2.53. The first kappa shape index (κ1) is 23.7. The number of pyridine rings is 1. The van der Waals surface area contributed by atoms with E-state index in [1.165, 1.54) is 13.2 Å². The van der Waals surface area contributed by atoms with Gasteiger partial charge in [-0.1, -0.05) is 0 Å². The monoisotopic (exact) mass is 485 g/mol. The van der Waals surface area contributed by atoms with Gasteiger partial charge in [-0.2, -0.15) is 8.78 Å². The molecule has 2 fully saturated rings. The molecule has 0 radical (unpaired) electrons. The minimum absolute atomic E-state index is 0.0612. The topological polar surface area (TPSA) is 65.3 Å². The molecule has 1 aromatic carbocycles. The fraction of sp³-hybridized carbons (Fsp3) is 0.462. The van der Waals surface area contributed by atoms with Crippen molar-refractivity contribution in [3.63, 3.8) is 0 Å². The van der Waals surface area contributed by atoms with Crippen molar-refractivity contribution >= 4 is 11.4 Å². The smallest absolute Gasteiger partial charge is 0.387 e. The second-order valence-corrected chi connectivity index (χ2v) is 9.60. The molecule has 1 unspecified atom stereocenters. The van der Waals surface area contributed by atoms with Crippen LogP contribution in [0.2, 0.25) is 0 Å². The molecule has 3 aromatic rings. The molecule has 0 bridgehead atoms. The van der Waals surface area contributed by atoms with E-state index in [4.69, 9.17) is 14.2 Å². The molecular weight excluding hydrogens is 456 g/mol. The van der Waals surface area contributed by atoms with Crippen LogP contribution < -0.4 is 9.47 Å². The number of imidazole rings is 1. The highest BCUT2D eigenvalue weighted by Gasteiger charge is 2.33. The number of carbonyl (C=O) groups is 1. The third kappa shape index (κ3) is 4.75. The van der Waals surface area contributed by atoms with Gasteiger partial charge in [0, 0.05) is 31.3 Å². The van der Waals surface area contributed by atoms with Crippen molar-refractivity contribution in [2.24, 2.45) is 5.92 Å². The van der Waals surface area contributed by atoms with Gasteiger partial charge in [-0.25, -0.2) is 4.98 Å². The van der Waals surface area contributed by atoms with E-state index >= 15 is 0 Å². The first-order valence-electron chi connectivity index (χ1n) is 11.8. The molecule has 0 N–H and O–H groups in total. The summed E-state index contributed by atoms with van der Waals surface area (Å²) in [6, 6.07) is 7.10. The van der Waals surface area contributed by atoms with Crippen LogP contribution in [-0.2, 0) is 10.3 Å². The Morgan fingerprint density at radius 1 is 1.29 bits per heavy atom. The van der Waals surface area contributed by atoms with Gasteiger partial charge in [0.2, 0.25) is 0 Å². The zero-order valence-electron chi connectivity index (χ0n) is 20.1. The third-order valence-electron chi connectivity index (χ3n) is 6.84. The number of ether oxygens (including phenoxy) is 3. The van der Waals surface area contributed by atoms with Crippen molar-refractivity contribution in [2.45, 2.75) is 38.4 Å². The Bertz CT molecular complexity index is 1260. The van der Waals surface area contributed by atoms with Crippen LogP contribution in [0.4, 0.5) is 8.78 Å². The third-order valence-corrected chi connectivity index (χ3v) is 6.84. The summed E-state index contributed by atoms with van der Waals surface area (Å²) in [4.78, 5) is 19.7. The van der Waals surface area contributed by atoms with E-state index in [1.807, 2.05) is 22.7 Å². The van der Waals surface area contributed by atoms with Crippen LogP contribution in [0, 0.1) is 5.92 Å². The first-order chi connectivity index (χ1) is 16.8. The molecule has 35 heavy (non-hydrogen) atoms. The van der Waals surface area contributed by atoms with Gasteiger partial charge in [-0.15, -0.1) is 0 Å². The average molecular weight is 486 g/mol. The van der Waals surface area contributed by atoms with Gasteiger partial charge in [0.05, 0.1) is 25.6 Å². The standard InChI is InChI=1S/C26H29F2N3O4/c1-26(15-30(2)8-9-34-26)18-6-7-31-19(14-29-23(31)13-18)17-11-21(33-3)24(20(32)10-16-4-5-16)22(12-17)35-25(27)28/h6-7,11-14,16,25H,4-5,8-10,15H2,1-3H3. The molecule has 7 nitrogen and oxygen atoms in total. The summed E-state index contributed by atoms with van der Waals surface area (Å²) in [5.74, 6) is 0.0771. The van der Waals surface area contributed by atoms with Gasteiger partial charge in [0.25, 0.3) is 0 Å². The maximum absolute atomic E-state index is 13.3. The Labute approximate surface area is 202 Å². The lowest BCUT2D eigenvalue weighted by Gasteiger charge is -2.39. The number of Topliss-reactive ketones (excluding diaryl/α,β-unsaturated/α-hetero) is 1. The normalized spacial score (nSPS) is 21.0. The molecule has 0 spiro atoms. The van der Waals surface area contributed by atoms with Gasteiger partial charge in [-0.05, 0) is 62.6 Å². The molecule has 1 saturated heterocycles. The number of halogens is 2. The van der Waals surface area contributed by atoms with Crippen LogP contribution in [0.1, 0.15) is 42.1 Å². The lowest BCUT2D eigenvalue weighted by molar-refractivity contribution is -0.0963. The lowest BCUT2D eigenvalue weighted by atomic mass is 9.95. The molecule has 2 aliphatic rings.